The molecule has 0 spiro atoms. The van der Waals surface area contributed by atoms with E-state index in [1.54, 1.807) is 41.2 Å². The quantitative estimate of drug-likeness (QED) is 0.266. The van der Waals surface area contributed by atoms with E-state index in [0.29, 0.717) is 35.0 Å². The van der Waals surface area contributed by atoms with Crippen LogP contribution in [0, 0.1) is 5.82 Å². The Bertz CT molecular complexity index is 1430. The third-order valence-electron chi connectivity index (χ3n) is 4.90. The highest BCUT2D eigenvalue weighted by Crippen LogP contribution is 2.30. The monoisotopic (exact) mass is 488 g/mol. The molecule has 0 amide bonds. The molecule has 0 unspecified atom stereocenters. The van der Waals surface area contributed by atoms with Crippen molar-refractivity contribution in [2.24, 2.45) is 0 Å². The molecule has 0 aliphatic carbocycles. The van der Waals surface area contributed by atoms with Crippen LogP contribution in [0.4, 0.5) is 17.6 Å². The molecule has 34 heavy (non-hydrogen) atoms. The first-order valence-corrected chi connectivity index (χ1v) is 10.2. The van der Waals surface area contributed by atoms with Crippen LogP contribution in [0.15, 0.2) is 71.5 Å². The molecule has 0 N–H and O–H groups in total. The molecule has 3 aromatic rings. The molecule has 3 heterocycles. The fraction of sp³-hybridized carbons (Fsp3) is 0.0870. The molecular weight excluding hydrogens is 476 g/mol. The summed E-state index contributed by atoms with van der Waals surface area (Å²) in [4.78, 5) is 8.77. The number of imidazole rings is 1. The first-order valence-electron chi connectivity index (χ1n) is 9.85. The van der Waals surface area contributed by atoms with Crippen molar-refractivity contribution in [3.8, 4) is 39.8 Å². The molecule has 0 saturated heterocycles. The summed E-state index contributed by atoms with van der Waals surface area (Å²) >= 11 is 5.85. The largest absolute Gasteiger partial charge is 0.573 e. The van der Waals surface area contributed by atoms with E-state index in [-0.39, 0.29) is 22.2 Å². The lowest BCUT2D eigenvalue weighted by Crippen LogP contribution is -2.16. The minimum atomic E-state index is -4.75. The maximum absolute atomic E-state index is 14.3. The van der Waals surface area contributed by atoms with Crippen molar-refractivity contribution in [3.63, 3.8) is 0 Å². The number of aromatic nitrogens is 4. The molecule has 0 fully saturated rings. The van der Waals surface area contributed by atoms with Crippen LogP contribution >= 0.6 is 11.6 Å². The summed E-state index contributed by atoms with van der Waals surface area (Å²) in [6.07, 6.45) is -1.25. The van der Waals surface area contributed by atoms with Gasteiger partial charge in [0.2, 0.25) is 0 Å². The predicted octanol–water partition coefficient (Wildman–Crippen LogP) is 6.44. The van der Waals surface area contributed by atoms with E-state index >= 15 is 0 Å². The van der Waals surface area contributed by atoms with Crippen LogP contribution in [0.1, 0.15) is 5.76 Å². The normalized spacial score (nSPS) is 11.8. The number of nitrogens with zero attached hydrogens (tertiary/aromatic N) is 4. The molecule has 2 aliphatic heterocycles. The number of pyridine rings is 1. The standard InChI is InChI=1S/C23H13ClF4N4O2/c24-17-3-1-2-16(21(17)25)22-29-18-8-9-32(12-20(18)30-22)11-15-10-19(31-34-15)13-4-6-14(7-5-13)33-23(26,27)28/h1-10,12H,11H2. The van der Waals surface area contributed by atoms with Crippen molar-refractivity contribution in [2.75, 3.05) is 0 Å². The molecule has 2 aliphatic rings. The fourth-order valence-electron chi connectivity index (χ4n) is 3.38. The number of fused-ring (bicyclic) bond motifs is 1. The minimum absolute atomic E-state index is 0.00920. The van der Waals surface area contributed by atoms with Gasteiger partial charge in [-0.25, -0.2) is 14.4 Å². The van der Waals surface area contributed by atoms with E-state index in [1.807, 2.05) is 0 Å². The van der Waals surface area contributed by atoms with E-state index in [2.05, 4.69) is 19.9 Å². The second-order valence-electron chi connectivity index (χ2n) is 7.29. The van der Waals surface area contributed by atoms with E-state index in [9.17, 15) is 17.6 Å². The zero-order valence-corrected chi connectivity index (χ0v) is 17.8. The Kier molecular flexibility index (Phi) is 5.45. The van der Waals surface area contributed by atoms with Gasteiger partial charge in [0, 0.05) is 24.0 Å². The molecule has 5 rings (SSSR count). The number of halogens is 5. The molecule has 0 bridgehead atoms. The molecule has 0 atom stereocenters. The Morgan fingerprint density at radius 1 is 0.971 bits per heavy atom. The fourth-order valence-corrected chi connectivity index (χ4v) is 3.55. The molecule has 0 saturated carbocycles. The van der Waals surface area contributed by atoms with E-state index in [4.69, 9.17) is 16.1 Å². The predicted molar refractivity (Wildman–Crippen MR) is 115 cm³/mol. The van der Waals surface area contributed by atoms with Crippen molar-refractivity contribution >= 4 is 11.6 Å². The zero-order chi connectivity index (χ0) is 23.9. The Morgan fingerprint density at radius 3 is 2.50 bits per heavy atom. The SMILES string of the molecule is Fc1c(Cl)cccc1-c1nc2ccn(Cc3cc(-c4ccc(OC(F)(F)F)cc4)no3)cc-2n1. The van der Waals surface area contributed by atoms with Gasteiger partial charge in [-0.3, -0.25) is 0 Å². The Labute approximate surface area is 194 Å². The van der Waals surface area contributed by atoms with Crippen LogP contribution in [0.2, 0.25) is 5.02 Å². The first kappa shape index (κ1) is 21.9. The average Bonchev–Trinajstić information content (AvgIpc) is 3.42. The third-order valence-corrected chi connectivity index (χ3v) is 5.19. The van der Waals surface area contributed by atoms with Crippen molar-refractivity contribution in [1.29, 1.82) is 0 Å². The molecule has 2 aromatic carbocycles. The van der Waals surface area contributed by atoms with Gasteiger partial charge in [0.05, 0.1) is 22.8 Å². The summed E-state index contributed by atoms with van der Waals surface area (Å²) in [7, 11) is 0. The van der Waals surface area contributed by atoms with Gasteiger partial charge in [0.1, 0.15) is 17.1 Å². The van der Waals surface area contributed by atoms with Crippen molar-refractivity contribution in [3.05, 3.63) is 83.6 Å². The van der Waals surface area contributed by atoms with Gasteiger partial charge < -0.3 is 13.8 Å². The Balaban J connectivity index is 1.34. The lowest BCUT2D eigenvalue weighted by atomic mass is 10.1. The maximum Gasteiger partial charge on any atom is 0.573 e. The summed E-state index contributed by atoms with van der Waals surface area (Å²) < 4.78 is 62.3. The van der Waals surface area contributed by atoms with Crippen molar-refractivity contribution < 1.29 is 26.8 Å². The Morgan fingerprint density at radius 2 is 1.74 bits per heavy atom. The summed E-state index contributed by atoms with van der Waals surface area (Å²) in [6.45, 7) is 0.311. The number of hydrogen-bond donors (Lipinski definition) is 0. The molecule has 11 heteroatoms. The molecule has 6 nitrogen and oxygen atoms in total. The van der Waals surface area contributed by atoms with E-state index < -0.39 is 12.2 Å². The van der Waals surface area contributed by atoms with Crippen LogP contribution in [0.3, 0.4) is 0 Å². The summed E-state index contributed by atoms with van der Waals surface area (Å²) in [6, 6.07) is 13.4. The van der Waals surface area contributed by atoms with Gasteiger partial charge in [0.15, 0.2) is 17.4 Å². The average molecular weight is 489 g/mol. The second-order valence-corrected chi connectivity index (χ2v) is 7.69. The number of benzene rings is 2. The van der Waals surface area contributed by atoms with Gasteiger partial charge in [-0.05, 0) is 42.5 Å². The lowest BCUT2D eigenvalue weighted by Gasteiger charge is -2.08. The first-order chi connectivity index (χ1) is 16.2. The van der Waals surface area contributed by atoms with Crippen molar-refractivity contribution in [1.82, 2.24) is 19.7 Å². The van der Waals surface area contributed by atoms with Crippen LogP contribution < -0.4 is 4.74 Å². The third kappa shape index (κ3) is 4.58. The number of hydrogen-bond acceptors (Lipinski definition) is 5. The maximum atomic E-state index is 14.3. The highest BCUT2D eigenvalue weighted by atomic mass is 35.5. The topological polar surface area (TPSA) is 66.0 Å². The number of ether oxygens (including phenoxy) is 1. The van der Waals surface area contributed by atoms with Gasteiger partial charge >= 0.3 is 6.36 Å². The van der Waals surface area contributed by atoms with Gasteiger partial charge in [-0.15, -0.1) is 13.2 Å². The highest BCUT2D eigenvalue weighted by molar-refractivity contribution is 6.31. The smallest absolute Gasteiger partial charge is 0.406 e. The van der Waals surface area contributed by atoms with Gasteiger partial charge in [-0.2, -0.15) is 0 Å². The second kappa shape index (κ2) is 8.45. The minimum Gasteiger partial charge on any atom is -0.406 e. The van der Waals surface area contributed by atoms with Crippen molar-refractivity contribution in [2.45, 2.75) is 12.9 Å². The van der Waals surface area contributed by atoms with Gasteiger partial charge in [0.25, 0.3) is 0 Å². The van der Waals surface area contributed by atoms with Crippen LogP contribution in [-0.2, 0) is 6.54 Å². The van der Waals surface area contributed by atoms with Crippen LogP contribution in [0.25, 0.3) is 34.0 Å². The van der Waals surface area contributed by atoms with Crippen LogP contribution in [-0.4, -0.2) is 26.1 Å². The van der Waals surface area contributed by atoms with E-state index in [0.717, 1.165) is 0 Å². The molecule has 172 valence electrons. The van der Waals surface area contributed by atoms with Crippen LogP contribution in [0.5, 0.6) is 5.75 Å². The molecule has 0 radical (unpaired) electrons. The molecule has 1 aromatic heterocycles. The van der Waals surface area contributed by atoms with E-state index in [1.165, 1.54) is 30.3 Å². The highest BCUT2D eigenvalue weighted by Gasteiger charge is 2.31. The number of alkyl halides is 3. The lowest BCUT2D eigenvalue weighted by molar-refractivity contribution is -0.274. The van der Waals surface area contributed by atoms with Gasteiger partial charge in [-0.1, -0.05) is 22.8 Å². The summed E-state index contributed by atoms with van der Waals surface area (Å²) in [5.74, 6) is -0.167. The number of rotatable bonds is 5. The molecular formula is C23H13ClF4N4O2. The zero-order valence-electron chi connectivity index (χ0n) is 17.1. The summed E-state index contributed by atoms with van der Waals surface area (Å²) in [5, 5.41) is 3.97. The Hall–Kier alpha value is -3.92. The summed E-state index contributed by atoms with van der Waals surface area (Å²) in [5.41, 5.74) is 2.38.